The molecule has 78 valence electrons. The normalized spacial score (nSPS) is 44.1. The van der Waals surface area contributed by atoms with Crippen LogP contribution in [0.2, 0.25) is 0 Å². The minimum Gasteiger partial charge on any atom is -0.327 e. The van der Waals surface area contributed by atoms with Gasteiger partial charge in [-0.3, -0.25) is 0 Å². The molecule has 0 aromatic carbocycles. The van der Waals surface area contributed by atoms with Gasteiger partial charge >= 0.3 is 0 Å². The van der Waals surface area contributed by atoms with Gasteiger partial charge in [-0.1, -0.05) is 6.42 Å². The van der Waals surface area contributed by atoms with E-state index in [-0.39, 0.29) is 0 Å². The molecule has 0 bridgehead atoms. The molecule has 0 spiro atoms. The Hall–Kier alpha value is -0.0800. The molecule has 0 unspecified atom stereocenters. The molecule has 0 radical (unpaired) electrons. The average molecular weight is 194 g/mol. The molecule has 2 nitrogen and oxygen atoms in total. The van der Waals surface area contributed by atoms with Gasteiger partial charge in [0.15, 0.2) is 0 Å². The summed E-state index contributed by atoms with van der Waals surface area (Å²) >= 11 is 0. The Balaban J connectivity index is 3.32. The van der Waals surface area contributed by atoms with E-state index in [9.17, 15) is 0 Å². The highest BCUT2D eigenvalue weighted by Crippen LogP contribution is 2.27. The maximum absolute atomic E-state index is 7.75. The molecule has 1 fully saturated rings. The van der Waals surface area contributed by atoms with Crippen LogP contribution in [0.15, 0.2) is 0 Å². The van der Waals surface area contributed by atoms with Gasteiger partial charge in [-0.25, -0.2) is 0 Å². The van der Waals surface area contributed by atoms with E-state index in [2.05, 4.69) is 0 Å². The summed E-state index contributed by atoms with van der Waals surface area (Å²) in [4.78, 5) is 1.16. The van der Waals surface area contributed by atoms with E-state index in [1.165, 1.54) is 14.1 Å². The van der Waals surface area contributed by atoms with E-state index in [4.69, 9.17) is 12.3 Å². The van der Waals surface area contributed by atoms with Crippen molar-refractivity contribution >= 4 is 0 Å². The molecule has 0 aromatic heterocycles. The lowest BCUT2D eigenvalue weighted by Gasteiger charge is -2.44. The van der Waals surface area contributed by atoms with Crippen LogP contribution in [0.5, 0.6) is 0 Å². The molecule has 1 aliphatic rings. The Kier molecular flexibility index (Phi) is 1.17. The summed E-state index contributed by atoms with van der Waals surface area (Å²) in [6.07, 6.45) is 2.34. The molecule has 13 heavy (non-hydrogen) atoms. The Bertz CT molecular complexity index is 370. The van der Waals surface area contributed by atoms with Crippen LogP contribution in [0.1, 0.15) is 38.0 Å². The monoisotopic (exact) mass is 194 g/mol. The van der Waals surface area contributed by atoms with Gasteiger partial charge in [0.25, 0.3) is 0 Å². The number of nitrogens with zero attached hydrogens (tertiary/aromatic N) is 2. The quantitative estimate of drug-likeness (QED) is 0.603. The first kappa shape index (κ1) is 3.82. The van der Waals surface area contributed by atoms with Crippen LogP contribution in [0, 0.1) is 0 Å². The molecule has 1 saturated carbocycles. The molecule has 0 N–H and O–H groups in total. The zero-order valence-corrected chi connectivity index (χ0v) is 8.38. The second-order valence-electron chi connectivity index (χ2n) is 4.11. The third-order valence-electron chi connectivity index (χ3n) is 2.85. The van der Waals surface area contributed by atoms with Gasteiger partial charge in [-0.05, 0) is 26.9 Å². The van der Waals surface area contributed by atoms with Gasteiger partial charge in [0.1, 0.15) is 6.04 Å². The largest absolute Gasteiger partial charge is 0.327 e. The molecule has 0 aromatic rings. The maximum atomic E-state index is 7.75. The number of hydrogen-bond acceptors (Lipinski definition) is 1. The van der Waals surface area contributed by atoms with Crippen molar-refractivity contribution in [3.63, 3.8) is 0 Å². The molecule has 0 aliphatic heterocycles. The highest BCUT2D eigenvalue weighted by atomic mass is 15.3. The minimum absolute atomic E-state index is 0.387. The Morgan fingerprint density at radius 2 is 2.00 bits per heavy atom. The van der Waals surface area contributed by atoms with Gasteiger partial charge in [-0.2, -0.15) is 0 Å². The van der Waals surface area contributed by atoms with Crippen LogP contribution in [0.25, 0.3) is 0 Å². The molecular formula is C11H25N2+. The SMILES string of the molecule is [2H]C([2H])([2H])N(C)[C@@H]1CCCC[C@H]1[N+](C)(C([2H])([2H])[2H])C([2H])([2H])[2H]. The highest BCUT2D eigenvalue weighted by Gasteiger charge is 2.35. The van der Waals surface area contributed by atoms with Crippen molar-refractivity contribution in [3.05, 3.63) is 0 Å². The van der Waals surface area contributed by atoms with Crippen molar-refractivity contribution in [1.82, 2.24) is 4.90 Å². The predicted molar refractivity (Wildman–Crippen MR) is 57.8 cm³/mol. The number of hydrogen-bond donors (Lipinski definition) is 0. The smallest absolute Gasteiger partial charge is 0.104 e. The van der Waals surface area contributed by atoms with Gasteiger partial charge in [0.05, 0.1) is 35.3 Å². The van der Waals surface area contributed by atoms with E-state index in [0.29, 0.717) is 19.3 Å². The fraction of sp³-hybridized carbons (Fsp3) is 1.00. The van der Waals surface area contributed by atoms with Crippen molar-refractivity contribution < 1.29 is 16.8 Å². The van der Waals surface area contributed by atoms with Gasteiger partial charge in [-0.15, -0.1) is 0 Å². The topological polar surface area (TPSA) is 3.24 Å². The standard InChI is InChI=1S/C11H25N2/c1-12(2)10-8-6-7-9-11(10)13(3,4)5/h10-11H,6-9H2,1-5H3/q+1/t10-,11-/m1/s1/i1D3,3D3,4D3. The van der Waals surface area contributed by atoms with E-state index < -0.39 is 37.5 Å². The first-order valence-corrected chi connectivity index (χ1v) is 4.73. The maximum Gasteiger partial charge on any atom is 0.104 e. The van der Waals surface area contributed by atoms with E-state index >= 15 is 0 Å². The predicted octanol–water partition coefficient (Wildman–Crippen LogP) is 1.57. The van der Waals surface area contributed by atoms with Gasteiger partial charge in [0, 0.05) is 10.5 Å². The van der Waals surface area contributed by atoms with Crippen LogP contribution in [-0.2, 0) is 0 Å². The fourth-order valence-electron chi connectivity index (χ4n) is 2.15. The third-order valence-corrected chi connectivity index (χ3v) is 2.85. The van der Waals surface area contributed by atoms with E-state index in [1.54, 1.807) is 0 Å². The van der Waals surface area contributed by atoms with Crippen LogP contribution in [0.3, 0.4) is 0 Å². The Labute approximate surface area is 95.8 Å². The summed E-state index contributed by atoms with van der Waals surface area (Å²) in [5.41, 5.74) is 0. The fourth-order valence-corrected chi connectivity index (χ4v) is 2.15. The summed E-state index contributed by atoms with van der Waals surface area (Å²) in [7, 11) is 2.62. The Morgan fingerprint density at radius 1 is 1.31 bits per heavy atom. The van der Waals surface area contributed by atoms with Gasteiger partial charge in [0.2, 0.25) is 0 Å². The summed E-state index contributed by atoms with van der Waals surface area (Å²) < 4.78 is 68.1. The number of quaternary nitrogens is 1. The zero-order chi connectivity index (χ0) is 17.6. The van der Waals surface area contributed by atoms with Crippen LogP contribution < -0.4 is 0 Å². The number of likely N-dealkylation sites (N-methyl/N-ethyl adjacent to an activating group) is 2. The summed E-state index contributed by atoms with van der Waals surface area (Å²) in [6.45, 7) is -7.88. The second-order valence-corrected chi connectivity index (χ2v) is 4.11. The molecule has 0 amide bonds. The second kappa shape index (κ2) is 3.97. The van der Waals surface area contributed by atoms with E-state index in [1.807, 2.05) is 0 Å². The van der Waals surface area contributed by atoms with Crippen LogP contribution in [0.4, 0.5) is 0 Å². The number of rotatable bonds is 2. The van der Waals surface area contributed by atoms with Crippen molar-refractivity contribution in [2.45, 2.75) is 37.8 Å². The van der Waals surface area contributed by atoms with Crippen molar-refractivity contribution in [2.24, 2.45) is 0 Å². The lowest BCUT2D eigenvalue weighted by molar-refractivity contribution is -0.899. The highest BCUT2D eigenvalue weighted by molar-refractivity contribution is 4.81. The lowest BCUT2D eigenvalue weighted by atomic mass is 9.88. The zero-order valence-electron chi connectivity index (χ0n) is 17.4. The molecule has 1 rings (SSSR count). The van der Waals surface area contributed by atoms with Crippen LogP contribution in [-0.4, -0.2) is 56.5 Å². The van der Waals surface area contributed by atoms with Crippen LogP contribution >= 0.6 is 0 Å². The van der Waals surface area contributed by atoms with Crippen molar-refractivity contribution in [1.29, 1.82) is 0 Å². The third kappa shape index (κ3) is 2.68. The van der Waals surface area contributed by atoms with Gasteiger partial charge < -0.3 is 9.38 Å². The Morgan fingerprint density at radius 3 is 2.62 bits per heavy atom. The summed E-state index contributed by atoms with van der Waals surface area (Å²) in [6, 6.07) is -1.38. The first-order chi connectivity index (χ1) is 9.64. The lowest BCUT2D eigenvalue weighted by Crippen LogP contribution is -2.57. The molecule has 1 aliphatic carbocycles. The molecule has 2 heteroatoms. The molecular weight excluding hydrogens is 160 g/mol. The molecule has 0 saturated heterocycles. The first-order valence-electron chi connectivity index (χ1n) is 9.23. The summed E-state index contributed by atoms with van der Waals surface area (Å²) in [5.74, 6) is 0. The minimum atomic E-state index is -2.75. The average Bonchev–Trinajstić information content (AvgIpc) is 2.33. The van der Waals surface area contributed by atoms with Crippen molar-refractivity contribution in [2.75, 3.05) is 35.0 Å². The van der Waals surface area contributed by atoms with E-state index in [0.717, 1.165) is 11.3 Å². The molecule has 0 heterocycles. The summed E-state index contributed by atoms with van der Waals surface area (Å²) in [5, 5.41) is 0. The molecule has 2 atom stereocenters. The van der Waals surface area contributed by atoms with Crippen molar-refractivity contribution in [3.8, 4) is 0 Å².